The zero-order valence-corrected chi connectivity index (χ0v) is 27.0. The number of unbranched alkanes of at least 4 members (excludes halogenated alkanes) is 3. The number of allylic oxidation sites excluding steroid dienone is 3. The Kier molecular flexibility index (Phi) is 10.0. The summed E-state index contributed by atoms with van der Waals surface area (Å²) in [6.45, 7) is 11.0. The molecule has 0 aromatic carbocycles. The number of esters is 4. The van der Waals surface area contributed by atoms with Crippen LogP contribution in [0.4, 0.5) is 0 Å². The number of ketones is 1. The summed E-state index contributed by atoms with van der Waals surface area (Å²) >= 11 is 0. The second kappa shape index (κ2) is 13.1. The first-order chi connectivity index (χ1) is 20.6. The highest BCUT2D eigenvalue weighted by Gasteiger charge is 2.60. The minimum absolute atomic E-state index is 0.0261. The fourth-order valence-corrected chi connectivity index (χ4v) is 7.09. The van der Waals surface area contributed by atoms with Crippen LogP contribution in [-0.4, -0.2) is 60.9 Å². The number of ether oxygens (including phenoxy) is 5. The van der Waals surface area contributed by atoms with E-state index in [1.807, 2.05) is 26.8 Å². The van der Waals surface area contributed by atoms with Gasteiger partial charge in [0.2, 0.25) is 0 Å². The van der Waals surface area contributed by atoms with Gasteiger partial charge in [0.05, 0.1) is 43.3 Å². The zero-order chi connectivity index (χ0) is 32.4. The number of cyclic esters (lactones) is 2. The molecule has 4 aliphatic rings. The van der Waals surface area contributed by atoms with Gasteiger partial charge in [-0.1, -0.05) is 31.1 Å². The number of carbonyl (C=O) groups excluding carboxylic acids is 5. The molecule has 0 spiro atoms. The molecule has 0 N–H and O–H groups in total. The maximum atomic E-state index is 14.6. The third-order valence-corrected chi connectivity index (χ3v) is 8.88. The third-order valence-electron chi connectivity index (χ3n) is 8.88. The number of fused-ring (bicyclic) bond motifs is 3. The molecule has 1 fully saturated rings. The Morgan fingerprint density at radius 2 is 1.82 bits per heavy atom. The van der Waals surface area contributed by atoms with Gasteiger partial charge in [0.15, 0.2) is 11.6 Å². The Morgan fingerprint density at radius 3 is 2.43 bits per heavy atom. The van der Waals surface area contributed by atoms with E-state index >= 15 is 0 Å². The molecular weight excluding hydrogens is 568 g/mol. The van der Waals surface area contributed by atoms with Crippen molar-refractivity contribution in [1.29, 1.82) is 0 Å². The molecule has 0 aromatic heterocycles. The quantitative estimate of drug-likeness (QED) is 0.102. The van der Waals surface area contributed by atoms with Gasteiger partial charge in [0.1, 0.15) is 11.0 Å². The largest absolute Gasteiger partial charge is 0.468 e. The van der Waals surface area contributed by atoms with Gasteiger partial charge in [-0.3, -0.25) is 14.4 Å². The zero-order valence-electron chi connectivity index (χ0n) is 27.0. The summed E-state index contributed by atoms with van der Waals surface area (Å²) in [6.07, 6.45) is 9.48. The number of Topliss-reactive ketones (excluding diaryl/α,β-unsaturated/α-hetero) is 1. The van der Waals surface area contributed by atoms with Crippen molar-refractivity contribution in [2.24, 2.45) is 23.2 Å². The molecule has 0 saturated carbocycles. The van der Waals surface area contributed by atoms with Gasteiger partial charge in [0, 0.05) is 12.0 Å². The highest BCUT2D eigenvalue weighted by Crippen LogP contribution is 2.55. The highest BCUT2D eigenvalue weighted by molar-refractivity contribution is 6.20. The molecule has 2 aliphatic carbocycles. The summed E-state index contributed by atoms with van der Waals surface area (Å²) in [5, 5.41) is 0. The molecule has 44 heavy (non-hydrogen) atoms. The van der Waals surface area contributed by atoms with Crippen molar-refractivity contribution < 1.29 is 47.7 Å². The number of hydrogen-bond donors (Lipinski definition) is 0. The molecule has 0 radical (unpaired) electrons. The first-order valence-corrected chi connectivity index (χ1v) is 15.6. The van der Waals surface area contributed by atoms with Gasteiger partial charge in [0.25, 0.3) is 0 Å². The standard InChI is InChI=1S/C34H46O10/c1-8-9-10-11-12-13-14-20-15-24-28(36)26(22(20)16-21-19-41-33(5,6)43-21)27-23(29(37)42-30(27)38)17-34(24,31(39)40-7)18-25(35)44-32(2,3)4/h8-9,15,20-22,26H,10-14,16-19H2,1-7H3/b9-8+/t20-,21-,22+,26-,34-/m0/s1. The van der Waals surface area contributed by atoms with Gasteiger partial charge in [-0.15, -0.1) is 0 Å². The molecule has 0 unspecified atom stereocenters. The van der Waals surface area contributed by atoms with E-state index in [0.717, 1.165) is 25.7 Å². The van der Waals surface area contributed by atoms with Gasteiger partial charge in [-0.2, -0.15) is 0 Å². The average molecular weight is 615 g/mol. The van der Waals surface area contributed by atoms with E-state index in [1.165, 1.54) is 7.11 Å². The van der Waals surface area contributed by atoms with Gasteiger partial charge in [-0.05, 0) is 79.1 Å². The van der Waals surface area contributed by atoms with Crippen LogP contribution in [0.2, 0.25) is 0 Å². The monoisotopic (exact) mass is 614 g/mol. The fourth-order valence-electron chi connectivity index (χ4n) is 7.09. The SMILES string of the molecule is C/C=C/CCCCC[C@H]1C=C2C(=O)[C@H](C3=C(C[C@@]2(CC(=O)OC(C)(C)C)C(=O)OC)C(=O)OC3=O)[C@@H]1C[C@H]1COC(C)(C)O1. The van der Waals surface area contributed by atoms with E-state index in [2.05, 4.69) is 6.08 Å². The van der Waals surface area contributed by atoms with Gasteiger partial charge >= 0.3 is 23.9 Å². The lowest BCUT2D eigenvalue weighted by Gasteiger charge is -2.40. The van der Waals surface area contributed by atoms with E-state index in [0.29, 0.717) is 19.4 Å². The second-order valence-corrected chi connectivity index (χ2v) is 13.7. The van der Waals surface area contributed by atoms with Crippen molar-refractivity contribution in [3.8, 4) is 0 Å². The van der Waals surface area contributed by atoms with E-state index in [-0.39, 0.29) is 35.2 Å². The first kappa shape index (κ1) is 33.8. The molecule has 0 amide bonds. The van der Waals surface area contributed by atoms with Crippen molar-refractivity contribution in [2.75, 3.05) is 13.7 Å². The molecule has 10 heteroatoms. The summed E-state index contributed by atoms with van der Waals surface area (Å²) in [4.78, 5) is 68.0. The lowest BCUT2D eigenvalue weighted by Crippen LogP contribution is -2.46. The van der Waals surface area contributed by atoms with E-state index in [1.54, 1.807) is 26.8 Å². The Labute approximate surface area is 259 Å². The molecule has 2 bridgehead atoms. The minimum Gasteiger partial charge on any atom is -0.468 e. The maximum Gasteiger partial charge on any atom is 0.343 e. The molecule has 4 rings (SSSR count). The van der Waals surface area contributed by atoms with Gasteiger partial charge < -0.3 is 23.7 Å². The van der Waals surface area contributed by atoms with Crippen LogP contribution in [-0.2, 0) is 47.7 Å². The van der Waals surface area contributed by atoms with Crippen LogP contribution >= 0.6 is 0 Å². The minimum atomic E-state index is -1.86. The van der Waals surface area contributed by atoms with Crippen molar-refractivity contribution in [1.82, 2.24) is 0 Å². The fraction of sp³-hybridized carbons (Fsp3) is 0.676. The summed E-state index contributed by atoms with van der Waals surface area (Å²) in [5.74, 6) is -6.39. The van der Waals surface area contributed by atoms with E-state index < -0.39 is 64.7 Å². The number of rotatable bonds is 11. The predicted octanol–water partition coefficient (Wildman–Crippen LogP) is 5.09. The second-order valence-electron chi connectivity index (χ2n) is 13.7. The predicted molar refractivity (Wildman–Crippen MR) is 159 cm³/mol. The Hall–Kier alpha value is -3.11. The lowest BCUT2D eigenvalue weighted by atomic mass is 9.62. The maximum absolute atomic E-state index is 14.6. The summed E-state index contributed by atoms with van der Waals surface area (Å²) in [6, 6.07) is 0. The van der Waals surface area contributed by atoms with Crippen molar-refractivity contribution in [2.45, 2.75) is 110 Å². The van der Waals surface area contributed by atoms with E-state index in [9.17, 15) is 24.0 Å². The third kappa shape index (κ3) is 7.07. The smallest absolute Gasteiger partial charge is 0.343 e. The highest BCUT2D eigenvalue weighted by atomic mass is 16.7. The lowest BCUT2D eigenvalue weighted by molar-refractivity contribution is -0.165. The molecule has 2 heterocycles. The average Bonchev–Trinajstić information content (AvgIpc) is 3.38. The molecule has 0 aromatic rings. The molecule has 1 saturated heterocycles. The molecular formula is C34H46O10. The summed E-state index contributed by atoms with van der Waals surface area (Å²) < 4.78 is 27.8. The first-order valence-electron chi connectivity index (χ1n) is 15.6. The van der Waals surface area contributed by atoms with Crippen molar-refractivity contribution >= 4 is 29.7 Å². The van der Waals surface area contributed by atoms with Crippen LogP contribution in [0, 0.1) is 23.2 Å². The molecule has 242 valence electrons. The number of carbonyl (C=O) groups is 5. The van der Waals surface area contributed by atoms with Crippen LogP contribution in [0.25, 0.3) is 0 Å². The summed E-state index contributed by atoms with van der Waals surface area (Å²) in [5.41, 5.74) is -2.73. The number of hydrogen-bond acceptors (Lipinski definition) is 10. The topological polar surface area (TPSA) is 132 Å². The number of methoxy groups -OCH3 is 1. The van der Waals surface area contributed by atoms with Crippen LogP contribution in [0.15, 0.2) is 34.9 Å². The van der Waals surface area contributed by atoms with Crippen molar-refractivity contribution in [3.63, 3.8) is 0 Å². The van der Waals surface area contributed by atoms with Crippen LogP contribution in [0.5, 0.6) is 0 Å². The molecule has 10 nitrogen and oxygen atoms in total. The normalized spacial score (nSPS) is 29.8. The Morgan fingerprint density at radius 1 is 1.09 bits per heavy atom. The van der Waals surface area contributed by atoms with Crippen LogP contribution < -0.4 is 0 Å². The van der Waals surface area contributed by atoms with Crippen molar-refractivity contribution in [3.05, 3.63) is 34.9 Å². The van der Waals surface area contributed by atoms with Gasteiger partial charge in [-0.25, -0.2) is 9.59 Å². The van der Waals surface area contributed by atoms with Crippen LogP contribution in [0.1, 0.15) is 92.9 Å². The molecule has 5 atom stereocenters. The van der Waals surface area contributed by atoms with E-state index in [4.69, 9.17) is 23.7 Å². The Balaban J connectivity index is 1.84. The van der Waals surface area contributed by atoms with Crippen LogP contribution in [0.3, 0.4) is 0 Å². The molecule has 2 aliphatic heterocycles. The summed E-state index contributed by atoms with van der Waals surface area (Å²) in [7, 11) is 1.17. The Bertz CT molecular complexity index is 1280.